The first-order valence-electron chi connectivity index (χ1n) is 12.1. The molecular formula is C24H51NO2. The Morgan fingerprint density at radius 2 is 0.852 bits per heavy atom. The summed E-state index contributed by atoms with van der Waals surface area (Å²) in [5, 5.41) is 8.46. The van der Waals surface area contributed by atoms with E-state index in [1.165, 1.54) is 109 Å². The van der Waals surface area contributed by atoms with E-state index in [4.69, 9.17) is 10.8 Å². The van der Waals surface area contributed by atoms with E-state index in [1.54, 1.807) is 0 Å². The van der Waals surface area contributed by atoms with Crippen molar-refractivity contribution in [1.29, 1.82) is 0 Å². The van der Waals surface area contributed by atoms with E-state index >= 15 is 0 Å². The molecule has 0 heterocycles. The summed E-state index contributed by atoms with van der Waals surface area (Å²) in [6.45, 7) is 5.38. The molecule has 0 unspecified atom stereocenters. The summed E-state index contributed by atoms with van der Waals surface area (Å²) in [5.74, 6) is -0.657. The van der Waals surface area contributed by atoms with Crippen LogP contribution in [0.5, 0.6) is 0 Å². The van der Waals surface area contributed by atoms with Gasteiger partial charge in [0.2, 0.25) is 0 Å². The number of carboxylic acid groups (broad SMARTS) is 1. The Morgan fingerprint density at radius 3 is 1.15 bits per heavy atom. The Balaban J connectivity index is 0. The van der Waals surface area contributed by atoms with Gasteiger partial charge in [0.15, 0.2) is 0 Å². The summed E-state index contributed by atoms with van der Waals surface area (Å²) in [6.07, 6.45) is 25.3. The molecular weight excluding hydrogens is 334 g/mol. The van der Waals surface area contributed by atoms with Gasteiger partial charge in [-0.25, -0.2) is 0 Å². The molecule has 0 saturated heterocycles. The van der Waals surface area contributed by atoms with E-state index in [-0.39, 0.29) is 0 Å². The highest BCUT2D eigenvalue weighted by atomic mass is 16.4. The zero-order chi connectivity index (χ0) is 20.4. The molecule has 0 aromatic heterocycles. The van der Waals surface area contributed by atoms with Gasteiger partial charge < -0.3 is 10.8 Å². The van der Waals surface area contributed by atoms with Crippen molar-refractivity contribution in [2.75, 3.05) is 6.54 Å². The minimum Gasteiger partial charge on any atom is -0.481 e. The molecule has 3 heteroatoms. The largest absolute Gasteiger partial charge is 0.481 e. The molecule has 27 heavy (non-hydrogen) atoms. The van der Waals surface area contributed by atoms with Crippen LogP contribution in [0.15, 0.2) is 0 Å². The van der Waals surface area contributed by atoms with Crippen LogP contribution in [0.1, 0.15) is 142 Å². The molecule has 164 valence electrons. The number of unbranched alkanes of at least 4 members (excludes halogenated alkanes) is 17. The number of rotatable bonds is 20. The van der Waals surface area contributed by atoms with Crippen LogP contribution >= 0.6 is 0 Å². The summed E-state index contributed by atoms with van der Waals surface area (Å²) in [7, 11) is 0. The lowest BCUT2D eigenvalue weighted by atomic mass is 10.1. The summed E-state index contributed by atoms with van der Waals surface area (Å²) in [6, 6.07) is 0. The molecule has 0 bridgehead atoms. The maximum atomic E-state index is 10.3. The van der Waals surface area contributed by atoms with Crippen molar-refractivity contribution >= 4 is 5.97 Å². The molecule has 0 aromatic carbocycles. The minimum atomic E-state index is -0.657. The van der Waals surface area contributed by atoms with Crippen molar-refractivity contribution in [2.45, 2.75) is 142 Å². The molecule has 0 aliphatic carbocycles. The third kappa shape index (κ3) is 33.4. The summed E-state index contributed by atoms with van der Waals surface area (Å²) in [5.41, 5.74) is 5.39. The second-order valence-corrected chi connectivity index (χ2v) is 7.94. The van der Waals surface area contributed by atoms with Gasteiger partial charge in [0.1, 0.15) is 0 Å². The molecule has 0 aliphatic heterocycles. The van der Waals surface area contributed by atoms with E-state index in [0.29, 0.717) is 6.42 Å². The molecule has 0 aliphatic rings. The number of carboxylic acids is 1. The van der Waals surface area contributed by atoms with Crippen molar-refractivity contribution in [1.82, 2.24) is 0 Å². The standard InChI is InChI=1S/C14H28O2.C10H23N/c1-2-3-4-5-6-7-8-9-10-11-12-13-14(15)16;1-2-3-4-5-6-7-8-9-10-11/h2-13H2,1H3,(H,15,16);2-11H2,1H3. The molecule has 0 spiro atoms. The molecule has 3 N–H and O–H groups in total. The summed E-state index contributed by atoms with van der Waals surface area (Å²) < 4.78 is 0. The average molecular weight is 386 g/mol. The lowest BCUT2D eigenvalue weighted by Crippen LogP contribution is -1.97. The van der Waals surface area contributed by atoms with Gasteiger partial charge in [-0.2, -0.15) is 0 Å². The average Bonchev–Trinajstić information content (AvgIpc) is 2.66. The van der Waals surface area contributed by atoms with Crippen molar-refractivity contribution in [3.05, 3.63) is 0 Å². The van der Waals surface area contributed by atoms with Crippen molar-refractivity contribution in [3.8, 4) is 0 Å². The number of carbonyl (C=O) groups is 1. The quantitative estimate of drug-likeness (QED) is 0.210. The van der Waals surface area contributed by atoms with Crippen LogP contribution in [-0.4, -0.2) is 17.6 Å². The van der Waals surface area contributed by atoms with Crippen LogP contribution in [0.4, 0.5) is 0 Å². The highest BCUT2D eigenvalue weighted by Gasteiger charge is 1.96. The first-order valence-corrected chi connectivity index (χ1v) is 12.1. The van der Waals surface area contributed by atoms with Crippen LogP contribution in [0, 0.1) is 0 Å². The van der Waals surface area contributed by atoms with Gasteiger partial charge >= 0.3 is 5.97 Å². The molecule has 0 amide bonds. The lowest BCUT2D eigenvalue weighted by molar-refractivity contribution is -0.137. The third-order valence-corrected chi connectivity index (χ3v) is 5.05. The van der Waals surface area contributed by atoms with Crippen LogP contribution < -0.4 is 5.73 Å². The van der Waals surface area contributed by atoms with Crippen LogP contribution in [0.25, 0.3) is 0 Å². The van der Waals surface area contributed by atoms with Crippen LogP contribution in [0.3, 0.4) is 0 Å². The fourth-order valence-corrected chi connectivity index (χ4v) is 3.22. The predicted molar refractivity (Wildman–Crippen MR) is 120 cm³/mol. The monoisotopic (exact) mass is 385 g/mol. The van der Waals surface area contributed by atoms with Gasteiger partial charge in [0.05, 0.1) is 0 Å². The first-order chi connectivity index (χ1) is 13.2. The van der Waals surface area contributed by atoms with E-state index < -0.39 is 5.97 Å². The summed E-state index contributed by atoms with van der Waals surface area (Å²) in [4.78, 5) is 10.3. The van der Waals surface area contributed by atoms with Gasteiger partial charge in [-0.3, -0.25) is 4.79 Å². The first kappa shape index (κ1) is 28.6. The fourth-order valence-electron chi connectivity index (χ4n) is 3.22. The Hall–Kier alpha value is -0.570. The van der Waals surface area contributed by atoms with Crippen molar-refractivity contribution in [2.24, 2.45) is 5.73 Å². The molecule has 0 saturated carbocycles. The van der Waals surface area contributed by atoms with E-state index in [9.17, 15) is 4.79 Å². The normalized spacial score (nSPS) is 10.5. The maximum absolute atomic E-state index is 10.3. The SMILES string of the molecule is CCCCCCCCCCCCCC(=O)O.CCCCCCCCCCN. The molecule has 0 fully saturated rings. The highest BCUT2D eigenvalue weighted by Crippen LogP contribution is 2.11. The Kier molecular flexibility index (Phi) is 29.3. The number of nitrogens with two attached hydrogens (primary N) is 1. The lowest BCUT2D eigenvalue weighted by Gasteiger charge is -2.01. The smallest absolute Gasteiger partial charge is 0.303 e. The van der Waals surface area contributed by atoms with E-state index in [2.05, 4.69) is 13.8 Å². The van der Waals surface area contributed by atoms with Gasteiger partial charge in [-0.1, -0.05) is 123 Å². The zero-order valence-corrected chi connectivity index (χ0v) is 18.8. The van der Waals surface area contributed by atoms with Crippen LogP contribution in [-0.2, 0) is 4.79 Å². The highest BCUT2D eigenvalue weighted by molar-refractivity contribution is 5.66. The number of hydrogen-bond acceptors (Lipinski definition) is 2. The van der Waals surface area contributed by atoms with E-state index in [0.717, 1.165) is 19.4 Å². The van der Waals surface area contributed by atoms with Gasteiger partial charge in [-0.15, -0.1) is 0 Å². The Labute approximate surface area is 170 Å². The Morgan fingerprint density at radius 1 is 0.556 bits per heavy atom. The second kappa shape index (κ2) is 27.6. The molecule has 0 rings (SSSR count). The molecule has 0 radical (unpaired) electrons. The predicted octanol–water partition coefficient (Wildman–Crippen LogP) is 7.86. The fraction of sp³-hybridized carbons (Fsp3) is 0.958. The molecule has 0 atom stereocenters. The maximum Gasteiger partial charge on any atom is 0.303 e. The van der Waals surface area contributed by atoms with E-state index in [1.807, 2.05) is 0 Å². The number of hydrogen-bond donors (Lipinski definition) is 2. The van der Waals surface area contributed by atoms with Gasteiger partial charge in [0, 0.05) is 6.42 Å². The topological polar surface area (TPSA) is 63.3 Å². The van der Waals surface area contributed by atoms with Crippen LogP contribution in [0.2, 0.25) is 0 Å². The minimum absolute atomic E-state index is 0.344. The van der Waals surface area contributed by atoms with Gasteiger partial charge in [-0.05, 0) is 19.4 Å². The number of aliphatic carboxylic acids is 1. The summed E-state index contributed by atoms with van der Waals surface area (Å²) >= 11 is 0. The zero-order valence-electron chi connectivity index (χ0n) is 18.8. The third-order valence-electron chi connectivity index (χ3n) is 5.05. The molecule has 0 aromatic rings. The molecule has 3 nitrogen and oxygen atoms in total. The van der Waals surface area contributed by atoms with Crippen molar-refractivity contribution in [3.63, 3.8) is 0 Å². The van der Waals surface area contributed by atoms with Gasteiger partial charge in [0.25, 0.3) is 0 Å². The second-order valence-electron chi connectivity index (χ2n) is 7.94. The Bertz CT molecular complexity index is 261. The van der Waals surface area contributed by atoms with Crippen molar-refractivity contribution < 1.29 is 9.90 Å².